The van der Waals surface area contributed by atoms with E-state index in [-0.39, 0.29) is 11.8 Å². The third-order valence-corrected chi connectivity index (χ3v) is 5.37. The molecule has 0 saturated carbocycles. The Bertz CT molecular complexity index is 1030. The molecule has 1 aliphatic heterocycles. The lowest BCUT2D eigenvalue weighted by molar-refractivity contribution is -0.137. The molecule has 152 valence electrons. The van der Waals surface area contributed by atoms with Gasteiger partial charge in [-0.1, -0.05) is 28.1 Å². The summed E-state index contributed by atoms with van der Waals surface area (Å²) in [7, 11) is 0. The van der Waals surface area contributed by atoms with Gasteiger partial charge >= 0.3 is 12.1 Å². The summed E-state index contributed by atoms with van der Waals surface area (Å²) in [5.74, 6) is -0.194. The molecule has 1 saturated heterocycles. The number of hydrogen-bond donors (Lipinski definition) is 0. The zero-order valence-corrected chi connectivity index (χ0v) is 16.8. The van der Waals surface area contributed by atoms with Gasteiger partial charge in [0.2, 0.25) is 0 Å². The van der Waals surface area contributed by atoms with Crippen molar-refractivity contribution in [3.8, 4) is 0 Å². The minimum absolute atomic E-state index is 0.0642. The van der Waals surface area contributed by atoms with E-state index in [4.69, 9.17) is 4.42 Å². The number of nitrogens with zero attached hydrogens (tertiary/aromatic N) is 3. The summed E-state index contributed by atoms with van der Waals surface area (Å²) in [5.41, 5.74) is 1.32. The molecule has 29 heavy (non-hydrogen) atoms. The van der Waals surface area contributed by atoms with Crippen molar-refractivity contribution in [3.63, 3.8) is 0 Å². The van der Waals surface area contributed by atoms with Crippen molar-refractivity contribution in [2.24, 2.45) is 0 Å². The van der Waals surface area contributed by atoms with Crippen molar-refractivity contribution in [1.29, 1.82) is 0 Å². The molecule has 5 nitrogen and oxygen atoms in total. The molecule has 0 unspecified atom stereocenters. The number of hydrogen-bond acceptors (Lipinski definition) is 4. The molecule has 3 aromatic rings. The van der Waals surface area contributed by atoms with Crippen molar-refractivity contribution in [2.75, 3.05) is 26.2 Å². The molecular weight excluding hydrogens is 451 g/mol. The smallest absolute Gasteiger partial charge is 0.416 e. The number of carbonyl (C=O) groups is 1. The van der Waals surface area contributed by atoms with Crippen molar-refractivity contribution in [1.82, 2.24) is 14.8 Å². The molecule has 0 radical (unpaired) electrons. The highest BCUT2D eigenvalue weighted by Gasteiger charge is 2.30. The fourth-order valence-electron chi connectivity index (χ4n) is 3.29. The Kier molecular flexibility index (Phi) is 5.35. The summed E-state index contributed by atoms with van der Waals surface area (Å²) in [4.78, 5) is 20.7. The number of alkyl halides is 3. The van der Waals surface area contributed by atoms with Crippen molar-refractivity contribution in [2.45, 2.75) is 12.7 Å². The predicted molar refractivity (Wildman–Crippen MR) is 104 cm³/mol. The van der Waals surface area contributed by atoms with Crippen LogP contribution >= 0.6 is 15.9 Å². The minimum Gasteiger partial charge on any atom is -0.432 e. The molecule has 1 amide bonds. The molecule has 2 aromatic carbocycles. The highest BCUT2D eigenvalue weighted by Crippen LogP contribution is 2.29. The standard InChI is InChI=1S/C20H17BrF3N3O2/c21-15-5-6-17-16(11-15)25-18(29-17)19(28)27-9-7-26(8-10-27)12-13-1-3-14(4-2-13)20(22,23)24/h1-6,11H,7-10,12H2. The Morgan fingerprint density at radius 2 is 1.76 bits per heavy atom. The Morgan fingerprint density at radius 3 is 2.41 bits per heavy atom. The zero-order valence-electron chi connectivity index (χ0n) is 15.2. The van der Waals surface area contributed by atoms with Crippen LogP contribution in [0.25, 0.3) is 11.1 Å². The third kappa shape index (κ3) is 4.45. The maximum absolute atomic E-state index is 12.7. The van der Waals surface area contributed by atoms with Crippen LogP contribution in [0.1, 0.15) is 21.8 Å². The lowest BCUT2D eigenvalue weighted by Crippen LogP contribution is -2.48. The molecule has 2 heterocycles. The lowest BCUT2D eigenvalue weighted by Gasteiger charge is -2.34. The number of halogens is 4. The Hall–Kier alpha value is -2.39. The molecule has 0 bridgehead atoms. The van der Waals surface area contributed by atoms with Crippen LogP contribution in [0, 0.1) is 0 Å². The summed E-state index contributed by atoms with van der Waals surface area (Å²) in [6.45, 7) is 2.79. The van der Waals surface area contributed by atoms with E-state index in [2.05, 4.69) is 25.8 Å². The maximum Gasteiger partial charge on any atom is 0.416 e. The van der Waals surface area contributed by atoms with E-state index in [9.17, 15) is 18.0 Å². The van der Waals surface area contributed by atoms with Crippen LogP contribution in [0.15, 0.2) is 51.4 Å². The summed E-state index contributed by atoms with van der Waals surface area (Å²) >= 11 is 3.36. The Balaban J connectivity index is 1.35. The van der Waals surface area contributed by atoms with Crippen LogP contribution in [-0.4, -0.2) is 46.9 Å². The SMILES string of the molecule is O=C(c1nc2cc(Br)ccc2o1)N1CCN(Cc2ccc(C(F)(F)F)cc2)CC1. The number of aromatic nitrogens is 1. The highest BCUT2D eigenvalue weighted by molar-refractivity contribution is 9.10. The largest absolute Gasteiger partial charge is 0.432 e. The molecule has 0 atom stereocenters. The van der Waals surface area contributed by atoms with Gasteiger partial charge in [-0.05, 0) is 35.9 Å². The van der Waals surface area contributed by atoms with Crippen molar-refractivity contribution in [3.05, 3.63) is 64.0 Å². The number of fused-ring (bicyclic) bond motifs is 1. The van der Waals surface area contributed by atoms with Gasteiger partial charge in [-0.2, -0.15) is 13.2 Å². The first-order valence-electron chi connectivity index (χ1n) is 9.03. The van der Waals surface area contributed by atoms with E-state index in [1.54, 1.807) is 17.0 Å². The molecule has 0 N–H and O–H groups in total. The number of amides is 1. The summed E-state index contributed by atoms with van der Waals surface area (Å²) in [6.07, 6.45) is -4.33. The van der Waals surface area contributed by atoms with Crippen LogP contribution < -0.4 is 0 Å². The normalized spacial score (nSPS) is 15.8. The van der Waals surface area contributed by atoms with Crippen LogP contribution in [0.5, 0.6) is 0 Å². The zero-order chi connectivity index (χ0) is 20.6. The first-order chi connectivity index (χ1) is 13.8. The van der Waals surface area contributed by atoms with E-state index in [0.717, 1.165) is 22.2 Å². The second-order valence-electron chi connectivity index (χ2n) is 6.89. The first kappa shape index (κ1) is 19.9. The third-order valence-electron chi connectivity index (χ3n) is 4.88. The van der Waals surface area contributed by atoms with Gasteiger partial charge in [0.05, 0.1) is 5.56 Å². The number of rotatable bonds is 3. The average molecular weight is 468 g/mol. The van der Waals surface area contributed by atoms with E-state index in [0.29, 0.717) is 43.8 Å². The summed E-state index contributed by atoms with van der Waals surface area (Å²) in [6, 6.07) is 10.6. The topological polar surface area (TPSA) is 49.6 Å². The maximum atomic E-state index is 12.7. The second kappa shape index (κ2) is 7.79. The quantitative estimate of drug-likeness (QED) is 0.566. The van der Waals surface area contributed by atoms with Gasteiger partial charge in [0.25, 0.3) is 5.89 Å². The van der Waals surface area contributed by atoms with Crippen LogP contribution in [0.4, 0.5) is 13.2 Å². The average Bonchev–Trinajstić information content (AvgIpc) is 3.11. The van der Waals surface area contributed by atoms with E-state index >= 15 is 0 Å². The molecule has 1 fully saturated rings. The van der Waals surface area contributed by atoms with Gasteiger partial charge in [0.15, 0.2) is 5.58 Å². The van der Waals surface area contributed by atoms with Gasteiger partial charge in [-0.3, -0.25) is 9.69 Å². The van der Waals surface area contributed by atoms with Gasteiger partial charge in [0, 0.05) is 37.2 Å². The van der Waals surface area contributed by atoms with Crippen molar-refractivity contribution >= 4 is 32.9 Å². The molecule has 0 spiro atoms. The van der Waals surface area contributed by atoms with Gasteiger partial charge < -0.3 is 9.32 Å². The first-order valence-corrected chi connectivity index (χ1v) is 9.83. The van der Waals surface area contributed by atoms with Crippen LogP contribution in [0.3, 0.4) is 0 Å². The Morgan fingerprint density at radius 1 is 1.07 bits per heavy atom. The number of benzene rings is 2. The second-order valence-corrected chi connectivity index (χ2v) is 7.81. The van der Waals surface area contributed by atoms with Gasteiger partial charge in [0.1, 0.15) is 5.52 Å². The number of carbonyl (C=O) groups excluding carboxylic acids is 1. The highest BCUT2D eigenvalue weighted by atomic mass is 79.9. The molecule has 4 rings (SSSR count). The van der Waals surface area contributed by atoms with Gasteiger partial charge in [-0.15, -0.1) is 0 Å². The monoisotopic (exact) mass is 467 g/mol. The predicted octanol–water partition coefficient (Wildman–Crippen LogP) is 4.57. The van der Waals surface area contributed by atoms with Crippen molar-refractivity contribution < 1.29 is 22.4 Å². The molecule has 1 aliphatic rings. The summed E-state index contributed by atoms with van der Waals surface area (Å²) in [5, 5.41) is 0. The lowest BCUT2D eigenvalue weighted by atomic mass is 10.1. The minimum atomic E-state index is -4.33. The summed E-state index contributed by atoms with van der Waals surface area (Å²) < 4.78 is 44.4. The Labute approximate surface area is 173 Å². The molecule has 0 aliphatic carbocycles. The molecular formula is C20H17BrF3N3O2. The fourth-order valence-corrected chi connectivity index (χ4v) is 3.64. The molecule has 1 aromatic heterocycles. The fraction of sp³-hybridized carbons (Fsp3) is 0.300. The molecule has 9 heteroatoms. The van der Waals surface area contributed by atoms with Crippen LogP contribution in [0.2, 0.25) is 0 Å². The van der Waals surface area contributed by atoms with E-state index < -0.39 is 11.7 Å². The van der Waals surface area contributed by atoms with Gasteiger partial charge in [-0.25, -0.2) is 4.98 Å². The van der Waals surface area contributed by atoms with E-state index in [1.807, 2.05) is 6.07 Å². The number of piperazine rings is 1. The van der Waals surface area contributed by atoms with Crippen LogP contribution in [-0.2, 0) is 12.7 Å². The number of oxazole rings is 1. The van der Waals surface area contributed by atoms with E-state index in [1.165, 1.54) is 12.1 Å².